The van der Waals surface area contributed by atoms with Crippen LogP contribution >= 0.6 is 0 Å². The topological polar surface area (TPSA) is 54.5 Å². The number of ether oxygens (including phenoxy) is 1. The molecule has 0 aliphatic carbocycles. The number of pyridine rings is 1. The first-order valence-corrected chi connectivity index (χ1v) is 10.1. The maximum atomic E-state index is 13.1. The van der Waals surface area contributed by atoms with Crippen LogP contribution in [0.25, 0.3) is 0 Å². The molecule has 1 aliphatic rings. The molecule has 1 amide bonds. The third-order valence-electron chi connectivity index (χ3n) is 5.17. The van der Waals surface area contributed by atoms with Gasteiger partial charge in [-0.15, -0.1) is 0 Å². The minimum absolute atomic E-state index is 0.00712. The molecule has 0 radical (unpaired) electrons. The van der Waals surface area contributed by atoms with Gasteiger partial charge < -0.3 is 15.0 Å². The van der Waals surface area contributed by atoms with Gasteiger partial charge >= 0.3 is 6.18 Å². The summed E-state index contributed by atoms with van der Waals surface area (Å²) in [4.78, 5) is 18.5. The van der Waals surface area contributed by atoms with Crippen molar-refractivity contribution < 1.29 is 27.1 Å². The quantitative estimate of drug-likeness (QED) is 0.621. The van der Waals surface area contributed by atoms with Gasteiger partial charge in [0.1, 0.15) is 12.4 Å². The molecule has 3 rings (SSSR count). The van der Waals surface area contributed by atoms with E-state index in [-0.39, 0.29) is 30.8 Å². The number of alkyl halides is 4. The number of halogens is 4. The molecule has 1 fully saturated rings. The van der Waals surface area contributed by atoms with Crippen LogP contribution in [-0.2, 0) is 11.2 Å². The number of amides is 1. The zero-order chi connectivity index (χ0) is 22.4. The molecule has 1 saturated heterocycles. The highest BCUT2D eigenvalue weighted by atomic mass is 19.4. The van der Waals surface area contributed by atoms with Crippen molar-refractivity contribution in [3.8, 4) is 5.75 Å². The fourth-order valence-corrected chi connectivity index (χ4v) is 3.59. The molecule has 168 valence electrons. The maximum Gasteiger partial charge on any atom is 0.422 e. The number of anilines is 1. The van der Waals surface area contributed by atoms with Crippen LogP contribution in [-0.4, -0.2) is 42.9 Å². The molecule has 31 heavy (non-hydrogen) atoms. The van der Waals surface area contributed by atoms with Crippen LogP contribution in [0, 0.1) is 0 Å². The van der Waals surface area contributed by atoms with E-state index in [0.717, 1.165) is 30.6 Å². The zero-order valence-electron chi connectivity index (χ0n) is 17.2. The number of nitrogens with zero attached hydrogens (tertiary/aromatic N) is 2. The second-order valence-electron chi connectivity index (χ2n) is 7.60. The fourth-order valence-electron chi connectivity index (χ4n) is 3.59. The Bertz CT molecular complexity index is 857. The Labute approximate surface area is 178 Å². The van der Waals surface area contributed by atoms with Crippen molar-refractivity contribution in [1.29, 1.82) is 0 Å². The highest BCUT2D eigenvalue weighted by Crippen LogP contribution is 2.26. The van der Waals surface area contributed by atoms with Gasteiger partial charge in [0.2, 0.25) is 5.91 Å². The Balaban J connectivity index is 1.51. The van der Waals surface area contributed by atoms with Gasteiger partial charge in [-0.05, 0) is 49.6 Å². The lowest BCUT2D eigenvalue weighted by Gasteiger charge is -2.24. The number of hydrogen-bond donors (Lipinski definition) is 1. The van der Waals surface area contributed by atoms with Crippen LogP contribution in [0.5, 0.6) is 5.75 Å². The van der Waals surface area contributed by atoms with Crippen molar-refractivity contribution in [3.05, 3.63) is 53.9 Å². The summed E-state index contributed by atoms with van der Waals surface area (Å²) in [6.45, 7) is 0.819. The Morgan fingerprint density at radius 3 is 2.61 bits per heavy atom. The molecule has 0 spiro atoms. The van der Waals surface area contributed by atoms with E-state index in [9.17, 15) is 22.4 Å². The fraction of sp³-hybridized carbons (Fsp3) is 0.455. The molecule has 1 aromatic carbocycles. The van der Waals surface area contributed by atoms with Gasteiger partial charge in [-0.25, -0.2) is 4.39 Å². The number of hydrogen-bond acceptors (Lipinski definition) is 4. The molecule has 0 saturated carbocycles. The first-order valence-electron chi connectivity index (χ1n) is 10.1. The average molecular weight is 439 g/mol. The number of aromatic nitrogens is 1. The van der Waals surface area contributed by atoms with E-state index >= 15 is 0 Å². The molecule has 2 heterocycles. The molecule has 2 atom stereocenters. The van der Waals surface area contributed by atoms with Gasteiger partial charge in [0.25, 0.3) is 0 Å². The molecule has 5 nitrogen and oxygen atoms in total. The lowest BCUT2D eigenvalue weighted by Crippen LogP contribution is -2.30. The highest BCUT2D eigenvalue weighted by Gasteiger charge is 2.28. The predicted octanol–water partition coefficient (Wildman–Crippen LogP) is 4.38. The lowest BCUT2D eigenvalue weighted by atomic mass is 10.1. The summed E-state index contributed by atoms with van der Waals surface area (Å²) in [5, 5.41) is 2.82. The van der Waals surface area contributed by atoms with Crippen LogP contribution in [0.4, 0.5) is 23.2 Å². The number of rotatable bonds is 8. The monoisotopic (exact) mass is 439 g/mol. The van der Waals surface area contributed by atoms with Gasteiger partial charge in [0.15, 0.2) is 6.61 Å². The number of carbonyl (C=O) groups excluding carboxylic acids is 1. The van der Waals surface area contributed by atoms with Crippen molar-refractivity contribution in [2.24, 2.45) is 0 Å². The van der Waals surface area contributed by atoms with E-state index in [0.29, 0.717) is 5.69 Å². The van der Waals surface area contributed by atoms with Crippen molar-refractivity contribution in [2.75, 3.05) is 24.7 Å². The number of nitrogens with one attached hydrogen (secondary N) is 1. The summed E-state index contributed by atoms with van der Waals surface area (Å²) in [5.74, 6) is -0.199. The van der Waals surface area contributed by atoms with Crippen molar-refractivity contribution >= 4 is 11.6 Å². The van der Waals surface area contributed by atoms with Gasteiger partial charge in [-0.1, -0.05) is 12.1 Å². The van der Waals surface area contributed by atoms with Crippen LogP contribution in [0.1, 0.15) is 37.1 Å². The minimum atomic E-state index is -4.42. The van der Waals surface area contributed by atoms with E-state index in [1.54, 1.807) is 6.92 Å². The zero-order valence-corrected chi connectivity index (χ0v) is 17.2. The second-order valence-corrected chi connectivity index (χ2v) is 7.60. The first-order chi connectivity index (χ1) is 14.7. The predicted molar refractivity (Wildman–Crippen MR) is 109 cm³/mol. The van der Waals surface area contributed by atoms with E-state index in [2.05, 4.69) is 19.9 Å². The van der Waals surface area contributed by atoms with Gasteiger partial charge in [0.05, 0.1) is 30.4 Å². The Kier molecular flexibility index (Phi) is 7.35. The van der Waals surface area contributed by atoms with Crippen molar-refractivity contribution in [3.63, 3.8) is 0 Å². The van der Waals surface area contributed by atoms with Crippen LogP contribution < -0.4 is 15.0 Å². The average Bonchev–Trinajstić information content (AvgIpc) is 3.21. The lowest BCUT2D eigenvalue weighted by molar-refractivity contribution is -0.153. The minimum Gasteiger partial charge on any atom is -0.483 e. The SMILES string of the molecule is C[C@@H](NC(=O)Cc1ccc(N2CCCC2CF)cc1)c1ccc(OCC(F)(F)F)cn1. The van der Waals surface area contributed by atoms with E-state index in [1.807, 2.05) is 24.3 Å². The maximum absolute atomic E-state index is 13.1. The summed E-state index contributed by atoms with van der Waals surface area (Å²) >= 11 is 0. The van der Waals surface area contributed by atoms with Crippen LogP contribution in [0.3, 0.4) is 0 Å². The van der Waals surface area contributed by atoms with Crippen molar-refractivity contribution in [1.82, 2.24) is 10.3 Å². The normalized spacial score (nSPS) is 17.5. The third-order valence-corrected chi connectivity index (χ3v) is 5.17. The Morgan fingerprint density at radius 2 is 2.00 bits per heavy atom. The summed E-state index contributed by atoms with van der Waals surface area (Å²) in [6, 6.07) is 9.94. The molecular weight excluding hydrogens is 414 g/mol. The standard InChI is InChI=1S/C22H25F4N3O2/c1-15(20-9-8-19(13-27-20)31-14-22(24,25)26)28-21(30)11-16-4-6-17(7-5-16)29-10-2-3-18(29)12-23/h4-9,13,15,18H,2-3,10-12,14H2,1H3,(H,28,30)/t15-,18?/m1/s1. The second kappa shape index (κ2) is 9.98. The number of benzene rings is 1. The molecule has 1 aromatic heterocycles. The smallest absolute Gasteiger partial charge is 0.422 e. The Morgan fingerprint density at radius 1 is 1.26 bits per heavy atom. The third kappa shape index (κ3) is 6.57. The molecular formula is C22H25F4N3O2. The Hall–Kier alpha value is -2.84. The summed E-state index contributed by atoms with van der Waals surface area (Å²) in [5.41, 5.74) is 2.29. The van der Waals surface area contributed by atoms with Crippen LogP contribution in [0.2, 0.25) is 0 Å². The van der Waals surface area contributed by atoms with Gasteiger partial charge in [0, 0.05) is 12.2 Å². The van der Waals surface area contributed by atoms with Gasteiger partial charge in [-0.2, -0.15) is 13.2 Å². The molecule has 1 N–H and O–H groups in total. The largest absolute Gasteiger partial charge is 0.483 e. The first kappa shape index (κ1) is 22.8. The molecule has 2 aromatic rings. The highest BCUT2D eigenvalue weighted by molar-refractivity contribution is 5.79. The van der Waals surface area contributed by atoms with Crippen molar-refractivity contribution in [2.45, 2.75) is 44.4 Å². The molecule has 0 bridgehead atoms. The van der Waals surface area contributed by atoms with E-state index in [1.165, 1.54) is 18.3 Å². The van der Waals surface area contributed by atoms with Gasteiger partial charge in [-0.3, -0.25) is 9.78 Å². The summed E-state index contributed by atoms with van der Waals surface area (Å²) < 4.78 is 54.3. The van der Waals surface area contributed by atoms with Crippen LogP contribution in [0.15, 0.2) is 42.6 Å². The summed E-state index contributed by atoms with van der Waals surface area (Å²) in [6.07, 6.45) is -1.22. The molecule has 9 heteroatoms. The van der Waals surface area contributed by atoms with E-state index in [4.69, 9.17) is 0 Å². The summed E-state index contributed by atoms with van der Waals surface area (Å²) in [7, 11) is 0. The molecule has 1 aliphatic heterocycles. The molecule has 1 unspecified atom stereocenters. The number of carbonyl (C=O) groups is 1. The van der Waals surface area contributed by atoms with E-state index < -0.39 is 18.8 Å².